The Labute approximate surface area is 171 Å². The number of nitrogens with one attached hydrogen (secondary N) is 1. The number of hydrogen-bond acceptors (Lipinski definition) is 5. The van der Waals surface area contributed by atoms with E-state index in [1.165, 1.54) is 10.4 Å². The third kappa shape index (κ3) is 3.79. The third-order valence-electron chi connectivity index (χ3n) is 4.82. The summed E-state index contributed by atoms with van der Waals surface area (Å²) in [6.45, 7) is 0.797. The van der Waals surface area contributed by atoms with E-state index in [1.807, 2.05) is 42.5 Å². The van der Waals surface area contributed by atoms with Gasteiger partial charge in [-0.15, -0.1) is 11.3 Å². The van der Waals surface area contributed by atoms with E-state index in [9.17, 15) is 4.79 Å². The van der Waals surface area contributed by atoms with Crippen LogP contribution < -0.4 is 14.8 Å². The summed E-state index contributed by atoms with van der Waals surface area (Å²) in [6, 6.07) is 19.6. The minimum atomic E-state index is -0.0820. The van der Waals surface area contributed by atoms with Crippen LogP contribution >= 0.6 is 11.3 Å². The van der Waals surface area contributed by atoms with E-state index in [1.54, 1.807) is 17.5 Å². The van der Waals surface area contributed by atoms with Gasteiger partial charge in [-0.1, -0.05) is 12.1 Å². The molecule has 4 aromatic rings. The van der Waals surface area contributed by atoms with Gasteiger partial charge in [0.25, 0.3) is 5.91 Å². The monoisotopic (exact) mass is 402 g/mol. The molecule has 6 heteroatoms. The summed E-state index contributed by atoms with van der Waals surface area (Å²) >= 11 is 1.70. The molecule has 5 nitrogen and oxygen atoms in total. The van der Waals surface area contributed by atoms with E-state index in [4.69, 9.17) is 9.47 Å². The van der Waals surface area contributed by atoms with E-state index in [2.05, 4.69) is 28.5 Å². The Morgan fingerprint density at radius 3 is 2.86 bits per heavy atom. The number of ether oxygens (including phenoxy) is 2. The molecular formula is C23H18N2O3S. The Hall–Kier alpha value is -3.38. The van der Waals surface area contributed by atoms with E-state index in [-0.39, 0.29) is 12.7 Å². The summed E-state index contributed by atoms with van der Waals surface area (Å²) in [5.74, 6) is 1.52. The lowest BCUT2D eigenvalue weighted by Crippen LogP contribution is -2.22. The molecule has 0 spiro atoms. The van der Waals surface area contributed by atoms with Crippen molar-refractivity contribution in [3.05, 3.63) is 87.7 Å². The number of pyridine rings is 1. The number of rotatable bonds is 5. The average molecular weight is 402 g/mol. The van der Waals surface area contributed by atoms with Gasteiger partial charge in [-0.3, -0.25) is 9.78 Å². The highest BCUT2D eigenvalue weighted by Gasteiger charge is 2.14. The van der Waals surface area contributed by atoms with Crippen molar-refractivity contribution in [1.29, 1.82) is 0 Å². The van der Waals surface area contributed by atoms with Crippen molar-refractivity contribution in [2.24, 2.45) is 0 Å². The van der Waals surface area contributed by atoms with Gasteiger partial charge in [-0.05, 0) is 54.1 Å². The number of nitrogens with zero attached hydrogens (tertiary/aromatic N) is 1. The van der Waals surface area contributed by atoms with E-state index in [0.29, 0.717) is 12.1 Å². The highest BCUT2D eigenvalue weighted by Crippen LogP contribution is 2.33. The van der Waals surface area contributed by atoms with Crippen LogP contribution in [0.25, 0.3) is 10.9 Å². The van der Waals surface area contributed by atoms with Gasteiger partial charge in [-0.25, -0.2) is 0 Å². The van der Waals surface area contributed by atoms with Crippen LogP contribution in [0.3, 0.4) is 0 Å². The van der Waals surface area contributed by atoms with Crippen LogP contribution in [-0.4, -0.2) is 17.7 Å². The number of fused-ring (bicyclic) bond motifs is 2. The molecule has 1 amide bonds. The van der Waals surface area contributed by atoms with Gasteiger partial charge >= 0.3 is 0 Å². The number of thiophene rings is 1. The minimum Gasteiger partial charge on any atom is -0.454 e. The second-order valence-electron chi connectivity index (χ2n) is 6.83. The van der Waals surface area contributed by atoms with Crippen LogP contribution in [0.1, 0.15) is 25.7 Å². The molecule has 0 saturated heterocycles. The summed E-state index contributed by atoms with van der Waals surface area (Å²) in [5, 5.41) is 3.97. The van der Waals surface area contributed by atoms with E-state index in [0.717, 1.165) is 33.7 Å². The molecule has 0 saturated carbocycles. The molecule has 2 aromatic heterocycles. The molecule has 1 aliphatic heterocycles. The fourth-order valence-electron chi connectivity index (χ4n) is 3.35. The van der Waals surface area contributed by atoms with Gasteiger partial charge in [0, 0.05) is 33.3 Å². The standard InChI is InChI=1S/C23H18N2O3S/c26-23(17-4-7-20-16(12-17)2-1-9-24-20)25-13-19-6-5-18(29-19)10-15-3-8-21-22(11-15)28-14-27-21/h1-9,11-12H,10,13-14H2,(H,25,26). The number of carbonyl (C=O) groups is 1. The lowest BCUT2D eigenvalue weighted by molar-refractivity contribution is 0.0951. The quantitative estimate of drug-likeness (QED) is 0.532. The Morgan fingerprint density at radius 2 is 1.90 bits per heavy atom. The van der Waals surface area contributed by atoms with Gasteiger partial charge in [0.15, 0.2) is 11.5 Å². The Kier molecular flexibility index (Phi) is 4.62. The molecule has 0 bridgehead atoms. The number of carbonyl (C=O) groups excluding carboxylic acids is 1. The largest absolute Gasteiger partial charge is 0.454 e. The highest BCUT2D eigenvalue weighted by molar-refractivity contribution is 7.12. The molecule has 2 aromatic carbocycles. The molecule has 0 aliphatic carbocycles. The van der Waals surface area contributed by atoms with Gasteiger partial charge in [-0.2, -0.15) is 0 Å². The zero-order valence-corrected chi connectivity index (χ0v) is 16.4. The van der Waals surface area contributed by atoms with Crippen molar-refractivity contribution in [3.63, 3.8) is 0 Å². The molecular weight excluding hydrogens is 384 g/mol. The first kappa shape index (κ1) is 17.7. The second kappa shape index (κ2) is 7.56. The molecule has 1 N–H and O–H groups in total. The average Bonchev–Trinajstić information content (AvgIpc) is 3.40. The van der Waals surface area contributed by atoms with E-state index >= 15 is 0 Å². The van der Waals surface area contributed by atoms with Crippen LogP contribution in [0, 0.1) is 0 Å². The van der Waals surface area contributed by atoms with Crippen LogP contribution in [0.15, 0.2) is 66.9 Å². The topological polar surface area (TPSA) is 60.5 Å². The van der Waals surface area contributed by atoms with Crippen molar-refractivity contribution in [3.8, 4) is 11.5 Å². The minimum absolute atomic E-state index is 0.0820. The number of hydrogen-bond donors (Lipinski definition) is 1. The maximum Gasteiger partial charge on any atom is 0.251 e. The van der Waals surface area contributed by atoms with Crippen molar-refractivity contribution in [2.45, 2.75) is 13.0 Å². The zero-order chi connectivity index (χ0) is 19.6. The second-order valence-corrected chi connectivity index (χ2v) is 8.08. The smallest absolute Gasteiger partial charge is 0.251 e. The molecule has 29 heavy (non-hydrogen) atoms. The number of aromatic nitrogens is 1. The van der Waals surface area contributed by atoms with Gasteiger partial charge < -0.3 is 14.8 Å². The maximum atomic E-state index is 12.5. The summed E-state index contributed by atoms with van der Waals surface area (Å²) in [7, 11) is 0. The molecule has 144 valence electrons. The molecule has 0 atom stereocenters. The van der Waals surface area contributed by atoms with Crippen LogP contribution in [0.4, 0.5) is 0 Å². The molecule has 3 heterocycles. The fraction of sp³-hybridized carbons (Fsp3) is 0.130. The molecule has 0 fully saturated rings. The lowest BCUT2D eigenvalue weighted by Gasteiger charge is -2.05. The molecule has 1 aliphatic rings. The van der Waals surface area contributed by atoms with E-state index < -0.39 is 0 Å². The normalized spacial score (nSPS) is 12.3. The summed E-state index contributed by atoms with van der Waals surface area (Å²) in [5.41, 5.74) is 2.70. The first-order valence-corrected chi connectivity index (χ1v) is 10.2. The summed E-state index contributed by atoms with van der Waals surface area (Å²) < 4.78 is 10.8. The predicted molar refractivity (Wildman–Crippen MR) is 113 cm³/mol. The van der Waals surface area contributed by atoms with Gasteiger partial charge in [0.05, 0.1) is 12.1 Å². The van der Waals surface area contributed by atoms with Crippen LogP contribution in [-0.2, 0) is 13.0 Å². The van der Waals surface area contributed by atoms with Crippen molar-refractivity contribution in [2.75, 3.05) is 6.79 Å². The Balaban J connectivity index is 1.22. The fourth-order valence-corrected chi connectivity index (χ4v) is 4.34. The predicted octanol–water partition coefficient (Wildman–Crippen LogP) is 4.55. The first-order valence-electron chi connectivity index (χ1n) is 9.34. The Morgan fingerprint density at radius 1 is 1.00 bits per heavy atom. The van der Waals surface area contributed by atoms with Crippen molar-refractivity contribution in [1.82, 2.24) is 10.3 Å². The molecule has 0 radical (unpaired) electrons. The maximum absolute atomic E-state index is 12.5. The third-order valence-corrected chi connectivity index (χ3v) is 5.91. The van der Waals surface area contributed by atoms with Crippen LogP contribution in [0.2, 0.25) is 0 Å². The SMILES string of the molecule is O=C(NCc1ccc(Cc2ccc3c(c2)OCO3)s1)c1ccc2ncccc2c1. The van der Waals surface area contributed by atoms with Crippen molar-refractivity contribution < 1.29 is 14.3 Å². The summed E-state index contributed by atoms with van der Waals surface area (Å²) in [4.78, 5) is 19.2. The van der Waals surface area contributed by atoms with Gasteiger partial charge in [0.2, 0.25) is 6.79 Å². The number of benzene rings is 2. The highest BCUT2D eigenvalue weighted by atomic mass is 32.1. The number of amides is 1. The Bertz CT molecular complexity index is 1200. The lowest BCUT2D eigenvalue weighted by atomic mass is 10.1. The summed E-state index contributed by atoms with van der Waals surface area (Å²) in [6.07, 6.45) is 2.58. The van der Waals surface area contributed by atoms with Gasteiger partial charge in [0.1, 0.15) is 0 Å². The molecule has 5 rings (SSSR count). The first-order chi connectivity index (χ1) is 14.2. The van der Waals surface area contributed by atoms with Crippen LogP contribution in [0.5, 0.6) is 11.5 Å². The van der Waals surface area contributed by atoms with Crippen molar-refractivity contribution >= 4 is 28.1 Å². The zero-order valence-electron chi connectivity index (χ0n) is 15.6. The molecule has 0 unspecified atom stereocenters.